The molecule has 1 N–H and O–H groups in total. The minimum atomic E-state index is -0.309. The van der Waals surface area contributed by atoms with Gasteiger partial charge in [-0.3, -0.25) is 0 Å². The molecule has 1 atom stereocenters. The van der Waals surface area contributed by atoms with Gasteiger partial charge in [-0.1, -0.05) is 13.3 Å². The summed E-state index contributed by atoms with van der Waals surface area (Å²) < 4.78 is 10.2. The average molecular weight is 176 g/mol. The monoisotopic (exact) mass is 176 g/mol. The Balaban J connectivity index is 2.97. The highest BCUT2D eigenvalue weighted by molar-refractivity contribution is 4.51. The molecule has 0 aromatic carbocycles. The molecule has 3 nitrogen and oxygen atoms in total. The van der Waals surface area contributed by atoms with Gasteiger partial charge in [-0.25, -0.2) is 0 Å². The zero-order chi connectivity index (χ0) is 9.23. The van der Waals surface area contributed by atoms with Crippen molar-refractivity contribution in [2.24, 2.45) is 0 Å². The molecule has 0 saturated carbocycles. The van der Waals surface area contributed by atoms with Crippen molar-refractivity contribution in [2.75, 3.05) is 26.4 Å². The van der Waals surface area contributed by atoms with Crippen molar-refractivity contribution < 1.29 is 14.6 Å². The molecule has 74 valence electrons. The standard InChI is InChI=1S/C9H20O3/c1-3-5-9(10)8-12-7-6-11-4-2/h9-10H,3-8H2,1-2H3. The van der Waals surface area contributed by atoms with Gasteiger partial charge in [0.2, 0.25) is 0 Å². The van der Waals surface area contributed by atoms with Gasteiger partial charge in [-0.2, -0.15) is 0 Å². The number of hydrogen-bond acceptors (Lipinski definition) is 3. The molecular formula is C9H20O3. The van der Waals surface area contributed by atoms with Crippen molar-refractivity contribution in [3.63, 3.8) is 0 Å². The third-order valence-corrected chi connectivity index (χ3v) is 1.51. The Morgan fingerprint density at radius 2 is 1.83 bits per heavy atom. The summed E-state index contributed by atoms with van der Waals surface area (Å²) in [6.45, 7) is 6.35. The van der Waals surface area contributed by atoms with Crippen molar-refractivity contribution >= 4 is 0 Å². The lowest BCUT2D eigenvalue weighted by Crippen LogP contribution is -2.16. The number of ether oxygens (including phenoxy) is 2. The van der Waals surface area contributed by atoms with Gasteiger partial charge in [0.15, 0.2) is 0 Å². The van der Waals surface area contributed by atoms with Gasteiger partial charge in [-0.15, -0.1) is 0 Å². The molecule has 0 rings (SSSR count). The van der Waals surface area contributed by atoms with Gasteiger partial charge in [-0.05, 0) is 13.3 Å². The van der Waals surface area contributed by atoms with Crippen LogP contribution in [0.5, 0.6) is 0 Å². The van der Waals surface area contributed by atoms with E-state index >= 15 is 0 Å². The second kappa shape index (κ2) is 8.97. The fraction of sp³-hybridized carbons (Fsp3) is 1.00. The van der Waals surface area contributed by atoms with Crippen LogP contribution in [-0.4, -0.2) is 37.6 Å². The summed E-state index contributed by atoms with van der Waals surface area (Å²) in [6, 6.07) is 0. The Morgan fingerprint density at radius 1 is 1.17 bits per heavy atom. The third kappa shape index (κ3) is 7.98. The van der Waals surface area contributed by atoms with Crippen LogP contribution in [-0.2, 0) is 9.47 Å². The summed E-state index contributed by atoms with van der Waals surface area (Å²) >= 11 is 0. The lowest BCUT2D eigenvalue weighted by atomic mass is 10.2. The molecule has 0 heterocycles. The second-order valence-electron chi connectivity index (χ2n) is 2.71. The third-order valence-electron chi connectivity index (χ3n) is 1.51. The van der Waals surface area contributed by atoms with Crippen molar-refractivity contribution in [2.45, 2.75) is 32.8 Å². The molecule has 0 amide bonds. The van der Waals surface area contributed by atoms with Crippen LogP contribution in [0, 0.1) is 0 Å². The number of aliphatic hydroxyl groups is 1. The first-order valence-corrected chi connectivity index (χ1v) is 4.64. The number of hydrogen-bond donors (Lipinski definition) is 1. The van der Waals surface area contributed by atoms with Gasteiger partial charge in [0.25, 0.3) is 0 Å². The van der Waals surface area contributed by atoms with Gasteiger partial charge < -0.3 is 14.6 Å². The SMILES string of the molecule is CCCC(O)COCCOCC. The normalized spacial score (nSPS) is 13.2. The summed E-state index contributed by atoms with van der Waals surface area (Å²) in [5, 5.41) is 9.24. The van der Waals surface area contributed by atoms with E-state index in [2.05, 4.69) is 0 Å². The highest BCUT2D eigenvalue weighted by atomic mass is 16.5. The van der Waals surface area contributed by atoms with Crippen LogP contribution in [0.4, 0.5) is 0 Å². The molecule has 0 aromatic rings. The first-order chi connectivity index (χ1) is 5.81. The highest BCUT2D eigenvalue weighted by Gasteiger charge is 2.01. The molecule has 1 unspecified atom stereocenters. The van der Waals surface area contributed by atoms with Gasteiger partial charge >= 0.3 is 0 Å². The summed E-state index contributed by atoms with van der Waals surface area (Å²) in [7, 11) is 0. The molecule has 0 radical (unpaired) electrons. The maximum atomic E-state index is 9.24. The van der Waals surface area contributed by atoms with Gasteiger partial charge in [0.1, 0.15) is 0 Å². The lowest BCUT2D eigenvalue weighted by Gasteiger charge is -2.09. The van der Waals surface area contributed by atoms with Crippen LogP contribution in [0.2, 0.25) is 0 Å². The van der Waals surface area contributed by atoms with E-state index in [0.29, 0.717) is 19.8 Å². The fourth-order valence-corrected chi connectivity index (χ4v) is 0.898. The highest BCUT2D eigenvalue weighted by Crippen LogP contribution is 1.95. The maximum absolute atomic E-state index is 9.24. The quantitative estimate of drug-likeness (QED) is 0.565. The molecule has 3 heteroatoms. The summed E-state index contributed by atoms with van der Waals surface area (Å²) in [5.41, 5.74) is 0. The molecule has 0 aromatic heterocycles. The van der Waals surface area contributed by atoms with Crippen LogP contribution in [0.15, 0.2) is 0 Å². The van der Waals surface area contributed by atoms with E-state index in [-0.39, 0.29) is 6.10 Å². The number of aliphatic hydroxyl groups excluding tert-OH is 1. The molecule has 0 aliphatic carbocycles. The van der Waals surface area contributed by atoms with E-state index < -0.39 is 0 Å². The smallest absolute Gasteiger partial charge is 0.0773 e. The Hall–Kier alpha value is -0.120. The van der Waals surface area contributed by atoms with E-state index in [9.17, 15) is 5.11 Å². The fourth-order valence-electron chi connectivity index (χ4n) is 0.898. The first-order valence-electron chi connectivity index (χ1n) is 4.64. The predicted molar refractivity (Wildman–Crippen MR) is 48.2 cm³/mol. The summed E-state index contributed by atoms with van der Waals surface area (Å²) in [6.07, 6.45) is 1.50. The average Bonchev–Trinajstić information content (AvgIpc) is 2.05. The zero-order valence-corrected chi connectivity index (χ0v) is 8.08. The van der Waals surface area contributed by atoms with Crippen LogP contribution in [0.25, 0.3) is 0 Å². The molecule has 0 spiro atoms. The molecule has 0 aliphatic heterocycles. The Morgan fingerprint density at radius 3 is 2.42 bits per heavy atom. The van der Waals surface area contributed by atoms with E-state index in [1.54, 1.807) is 0 Å². The van der Waals surface area contributed by atoms with Crippen LogP contribution >= 0.6 is 0 Å². The van der Waals surface area contributed by atoms with Crippen LogP contribution in [0.3, 0.4) is 0 Å². The molecule has 0 aliphatic rings. The largest absolute Gasteiger partial charge is 0.391 e. The Kier molecular flexibility index (Phi) is 8.88. The minimum absolute atomic E-state index is 0.309. The van der Waals surface area contributed by atoms with Gasteiger partial charge in [0, 0.05) is 6.61 Å². The van der Waals surface area contributed by atoms with Crippen LogP contribution < -0.4 is 0 Å². The predicted octanol–water partition coefficient (Wildman–Crippen LogP) is 1.20. The van der Waals surface area contributed by atoms with Crippen molar-refractivity contribution in [3.8, 4) is 0 Å². The first kappa shape index (κ1) is 11.9. The van der Waals surface area contributed by atoms with Crippen molar-refractivity contribution in [1.82, 2.24) is 0 Å². The minimum Gasteiger partial charge on any atom is -0.391 e. The van der Waals surface area contributed by atoms with Gasteiger partial charge in [0.05, 0.1) is 25.9 Å². The van der Waals surface area contributed by atoms with Crippen molar-refractivity contribution in [1.29, 1.82) is 0 Å². The molecule has 12 heavy (non-hydrogen) atoms. The number of rotatable bonds is 8. The molecule has 0 bridgehead atoms. The summed E-state index contributed by atoms with van der Waals surface area (Å²) in [5.74, 6) is 0. The van der Waals surface area contributed by atoms with Crippen molar-refractivity contribution in [3.05, 3.63) is 0 Å². The molecule has 0 saturated heterocycles. The van der Waals surface area contributed by atoms with E-state index in [1.165, 1.54) is 0 Å². The Labute approximate surface area is 74.7 Å². The van der Waals surface area contributed by atoms with E-state index in [4.69, 9.17) is 9.47 Å². The molecular weight excluding hydrogens is 156 g/mol. The second-order valence-corrected chi connectivity index (χ2v) is 2.71. The van der Waals surface area contributed by atoms with E-state index in [1.807, 2.05) is 13.8 Å². The zero-order valence-electron chi connectivity index (χ0n) is 8.08. The topological polar surface area (TPSA) is 38.7 Å². The maximum Gasteiger partial charge on any atom is 0.0773 e. The van der Waals surface area contributed by atoms with Crippen LogP contribution in [0.1, 0.15) is 26.7 Å². The van der Waals surface area contributed by atoms with E-state index in [0.717, 1.165) is 19.4 Å². The molecule has 0 fully saturated rings. The lowest BCUT2D eigenvalue weighted by molar-refractivity contribution is 0.00335. The Bertz CT molecular complexity index is 85.8. The summed E-state index contributed by atoms with van der Waals surface area (Å²) in [4.78, 5) is 0.